The molecule has 0 bridgehead atoms. The van der Waals surface area contributed by atoms with Crippen LogP contribution in [-0.2, 0) is 0 Å². The SMILES string of the molecule is CNC(=O)Nc1cnns1.O=C(Nc1ccc(Cl)c(Cl)c1)Nc1cnns1. The fraction of sp³-hybridized carbons (Fsp3) is 0.0769. The fourth-order valence-corrected chi connectivity index (χ4v) is 2.59. The van der Waals surface area contributed by atoms with Gasteiger partial charge in [-0.1, -0.05) is 32.2 Å². The molecule has 0 aliphatic heterocycles. The Labute approximate surface area is 171 Å². The molecular formula is C13H12Cl2N8O2S2. The average Bonchev–Trinajstić information content (AvgIpc) is 3.33. The minimum absolute atomic E-state index is 0.258. The Hall–Kier alpha value is -2.54. The summed E-state index contributed by atoms with van der Waals surface area (Å²) in [7, 11) is 1.55. The molecule has 4 amide bonds. The predicted octanol–water partition coefficient (Wildman–Crippen LogP) is 3.78. The van der Waals surface area contributed by atoms with E-state index >= 15 is 0 Å². The third-order valence-corrected chi connectivity index (χ3v) is 4.50. The molecule has 0 radical (unpaired) electrons. The summed E-state index contributed by atoms with van der Waals surface area (Å²) in [6.45, 7) is 0. The molecule has 1 aromatic carbocycles. The molecule has 2 aromatic heterocycles. The van der Waals surface area contributed by atoms with E-state index in [1.165, 1.54) is 12.4 Å². The summed E-state index contributed by atoms with van der Waals surface area (Å²) >= 11 is 13.8. The molecule has 10 nitrogen and oxygen atoms in total. The van der Waals surface area contributed by atoms with Crippen molar-refractivity contribution in [3.05, 3.63) is 40.6 Å². The van der Waals surface area contributed by atoms with Crippen LogP contribution in [0.5, 0.6) is 0 Å². The number of nitrogens with zero attached hydrogens (tertiary/aromatic N) is 4. The minimum atomic E-state index is -0.394. The smallest absolute Gasteiger partial charge is 0.324 e. The second kappa shape index (κ2) is 10.6. The monoisotopic (exact) mass is 446 g/mol. The lowest BCUT2D eigenvalue weighted by Crippen LogP contribution is -2.23. The van der Waals surface area contributed by atoms with Gasteiger partial charge in [0.2, 0.25) is 0 Å². The van der Waals surface area contributed by atoms with E-state index in [1.54, 1.807) is 25.2 Å². The molecule has 3 rings (SSSR count). The van der Waals surface area contributed by atoms with Crippen molar-refractivity contribution < 1.29 is 9.59 Å². The van der Waals surface area contributed by atoms with Gasteiger partial charge in [0.1, 0.15) is 10.0 Å². The number of carbonyl (C=O) groups is 2. The van der Waals surface area contributed by atoms with Gasteiger partial charge in [0, 0.05) is 35.8 Å². The van der Waals surface area contributed by atoms with Gasteiger partial charge in [-0.05, 0) is 18.2 Å². The number of halogens is 2. The first-order valence-electron chi connectivity index (χ1n) is 7.04. The van der Waals surface area contributed by atoms with Gasteiger partial charge in [0.05, 0.1) is 22.4 Å². The van der Waals surface area contributed by atoms with E-state index in [-0.39, 0.29) is 6.03 Å². The van der Waals surface area contributed by atoms with E-state index in [9.17, 15) is 9.59 Å². The topological polar surface area (TPSA) is 134 Å². The van der Waals surface area contributed by atoms with Crippen LogP contribution in [0.1, 0.15) is 0 Å². The number of benzene rings is 1. The summed E-state index contributed by atoms with van der Waals surface area (Å²) in [5.74, 6) is 0. The van der Waals surface area contributed by atoms with Crippen LogP contribution in [0.2, 0.25) is 10.0 Å². The molecule has 3 aromatic rings. The molecule has 2 heterocycles. The van der Waals surface area contributed by atoms with E-state index in [0.29, 0.717) is 25.7 Å². The average molecular weight is 447 g/mol. The molecule has 0 spiro atoms. The molecule has 0 atom stereocenters. The lowest BCUT2D eigenvalue weighted by molar-refractivity contribution is 0.254. The molecule has 142 valence electrons. The standard InChI is InChI=1S/C9H6Cl2N4OS.C4H6N4OS/c10-6-2-1-5(3-7(6)11)13-9(16)14-8-4-12-15-17-8;1-5-4(9)7-3-2-6-8-10-3/h1-4H,(H2,13,14,16);2H,1H3,(H2,5,7,9). The summed E-state index contributed by atoms with van der Waals surface area (Å²) in [4.78, 5) is 22.1. The Morgan fingerprint density at radius 1 is 0.889 bits per heavy atom. The second-order valence-electron chi connectivity index (χ2n) is 4.48. The molecule has 0 unspecified atom stereocenters. The summed E-state index contributed by atoms with van der Waals surface area (Å²) in [5, 5.41) is 19.2. The van der Waals surface area contributed by atoms with Crippen molar-refractivity contribution >= 4 is 74.0 Å². The van der Waals surface area contributed by atoms with Crippen LogP contribution in [0.3, 0.4) is 0 Å². The van der Waals surface area contributed by atoms with Crippen molar-refractivity contribution in [2.75, 3.05) is 23.0 Å². The maximum Gasteiger partial charge on any atom is 0.324 e. The predicted molar refractivity (Wildman–Crippen MR) is 107 cm³/mol. The third-order valence-electron chi connectivity index (χ3n) is 2.60. The Balaban J connectivity index is 0.000000223. The van der Waals surface area contributed by atoms with Crippen molar-refractivity contribution in [3.63, 3.8) is 0 Å². The molecule has 14 heteroatoms. The molecular weight excluding hydrogens is 435 g/mol. The largest absolute Gasteiger partial charge is 0.341 e. The zero-order valence-electron chi connectivity index (χ0n) is 13.6. The molecule has 4 N–H and O–H groups in total. The van der Waals surface area contributed by atoms with Gasteiger partial charge in [-0.2, -0.15) is 0 Å². The molecule has 0 fully saturated rings. The molecule has 0 saturated carbocycles. The number of hydrogen-bond donors (Lipinski definition) is 4. The maximum absolute atomic E-state index is 11.5. The highest BCUT2D eigenvalue weighted by molar-refractivity contribution is 7.10. The normalized spacial score (nSPS) is 9.59. The van der Waals surface area contributed by atoms with E-state index in [1.807, 2.05) is 0 Å². The van der Waals surface area contributed by atoms with E-state index < -0.39 is 6.03 Å². The minimum Gasteiger partial charge on any atom is -0.341 e. The Kier molecular flexibility index (Phi) is 8.13. The number of hydrogen-bond acceptors (Lipinski definition) is 8. The highest BCUT2D eigenvalue weighted by Gasteiger charge is 2.05. The van der Waals surface area contributed by atoms with Gasteiger partial charge >= 0.3 is 12.1 Å². The van der Waals surface area contributed by atoms with E-state index in [2.05, 4.69) is 40.4 Å². The number of anilines is 3. The van der Waals surface area contributed by atoms with E-state index in [4.69, 9.17) is 23.2 Å². The van der Waals surface area contributed by atoms with Gasteiger partial charge in [0.15, 0.2) is 0 Å². The second-order valence-corrected chi connectivity index (χ2v) is 6.86. The number of carbonyl (C=O) groups excluding carboxylic acids is 2. The first kappa shape index (κ1) is 20.8. The van der Waals surface area contributed by atoms with Crippen LogP contribution < -0.4 is 21.3 Å². The van der Waals surface area contributed by atoms with Crippen LogP contribution in [0.25, 0.3) is 0 Å². The quantitative estimate of drug-likeness (QED) is 0.483. The molecule has 27 heavy (non-hydrogen) atoms. The number of aromatic nitrogens is 4. The molecule has 0 saturated heterocycles. The number of rotatable bonds is 3. The van der Waals surface area contributed by atoms with E-state index in [0.717, 1.165) is 23.1 Å². The van der Waals surface area contributed by atoms with Crippen LogP contribution in [0.4, 0.5) is 25.3 Å². The maximum atomic E-state index is 11.5. The van der Waals surface area contributed by atoms with Crippen molar-refractivity contribution in [1.29, 1.82) is 0 Å². The fourth-order valence-electron chi connectivity index (χ4n) is 1.47. The van der Waals surface area contributed by atoms with Gasteiger partial charge < -0.3 is 10.6 Å². The Morgan fingerprint density at radius 3 is 1.96 bits per heavy atom. The third kappa shape index (κ3) is 7.30. The molecule has 0 aliphatic rings. The van der Waals surface area contributed by atoms with Crippen molar-refractivity contribution in [2.24, 2.45) is 0 Å². The van der Waals surface area contributed by atoms with Gasteiger partial charge in [-0.25, -0.2) is 9.59 Å². The van der Waals surface area contributed by atoms with Gasteiger partial charge in [0.25, 0.3) is 0 Å². The van der Waals surface area contributed by atoms with Crippen LogP contribution in [-0.4, -0.2) is 38.3 Å². The zero-order valence-corrected chi connectivity index (χ0v) is 16.7. The van der Waals surface area contributed by atoms with Gasteiger partial charge in [-0.3, -0.25) is 10.6 Å². The van der Waals surface area contributed by atoms with Crippen LogP contribution in [0, 0.1) is 0 Å². The van der Waals surface area contributed by atoms with Gasteiger partial charge in [-0.15, -0.1) is 10.2 Å². The lowest BCUT2D eigenvalue weighted by atomic mass is 10.3. The Morgan fingerprint density at radius 2 is 1.48 bits per heavy atom. The first-order chi connectivity index (χ1) is 13.0. The number of urea groups is 2. The van der Waals surface area contributed by atoms with Crippen molar-refractivity contribution in [2.45, 2.75) is 0 Å². The van der Waals surface area contributed by atoms with Crippen LogP contribution in [0.15, 0.2) is 30.6 Å². The summed E-state index contributed by atoms with van der Waals surface area (Å²) in [6, 6.07) is 4.17. The highest BCUT2D eigenvalue weighted by atomic mass is 35.5. The first-order valence-corrected chi connectivity index (χ1v) is 9.34. The zero-order chi connectivity index (χ0) is 19.6. The van der Waals surface area contributed by atoms with Crippen molar-refractivity contribution in [1.82, 2.24) is 24.5 Å². The van der Waals surface area contributed by atoms with Crippen molar-refractivity contribution in [3.8, 4) is 0 Å². The highest BCUT2D eigenvalue weighted by Crippen LogP contribution is 2.25. The summed E-state index contributed by atoms with van der Waals surface area (Å²) < 4.78 is 7.18. The lowest BCUT2D eigenvalue weighted by Gasteiger charge is -2.06. The summed E-state index contributed by atoms with van der Waals surface area (Å²) in [5.41, 5.74) is 0.550. The molecule has 0 aliphatic carbocycles. The Bertz CT molecular complexity index is 877. The summed E-state index contributed by atoms with van der Waals surface area (Å²) in [6.07, 6.45) is 2.94. The number of nitrogens with one attached hydrogen (secondary N) is 4. The number of amides is 4. The van der Waals surface area contributed by atoms with Crippen LogP contribution >= 0.6 is 46.3 Å².